The Kier molecular flexibility index (Phi) is 11.5. The van der Waals surface area contributed by atoms with Crippen molar-refractivity contribution in [1.82, 2.24) is 0 Å². The molecule has 0 heterocycles. The molecule has 2 rings (SSSR count). The number of aliphatic hydroxyl groups is 3. The molecule has 27 heavy (non-hydrogen) atoms. The van der Waals surface area contributed by atoms with Crippen LogP contribution in [0.25, 0.3) is 0 Å². The fourth-order valence-corrected chi connectivity index (χ4v) is 4.71. The van der Waals surface area contributed by atoms with E-state index in [0.717, 1.165) is 63.2 Å². The molecule has 0 aromatic heterocycles. The van der Waals surface area contributed by atoms with Crippen LogP contribution < -0.4 is 0 Å². The van der Waals surface area contributed by atoms with E-state index >= 15 is 0 Å². The monoisotopic (exact) mass is 386 g/mol. The number of aliphatic carboxylic acids is 1. The first-order valence-electron chi connectivity index (χ1n) is 11.0. The van der Waals surface area contributed by atoms with Crippen molar-refractivity contribution in [3.8, 4) is 0 Å². The van der Waals surface area contributed by atoms with Gasteiger partial charge in [0.05, 0.1) is 12.2 Å². The van der Waals surface area contributed by atoms with Crippen LogP contribution in [-0.2, 0) is 4.79 Å². The maximum Gasteiger partial charge on any atom is 0.303 e. The molecule has 0 unspecified atom stereocenters. The molecule has 0 atom stereocenters. The zero-order chi connectivity index (χ0) is 20.3. The molecule has 0 bridgehead atoms. The van der Waals surface area contributed by atoms with Gasteiger partial charge in [-0.05, 0) is 81.5 Å². The molecular weight excluding hydrogens is 344 g/mol. The second kappa shape index (κ2) is 12.7. The van der Waals surface area contributed by atoms with Gasteiger partial charge >= 0.3 is 5.97 Å². The van der Waals surface area contributed by atoms with Gasteiger partial charge in [0.15, 0.2) is 0 Å². The Hall–Kier alpha value is -0.650. The van der Waals surface area contributed by atoms with Crippen LogP contribution in [0.15, 0.2) is 0 Å². The molecule has 0 radical (unpaired) electrons. The summed E-state index contributed by atoms with van der Waals surface area (Å²) in [6.07, 6.45) is 12.2. The molecule has 5 nitrogen and oxygen atoms in total. The maximum atomic E-state index is 9.98. The summed E-state index contributed by atoms with van der Waals surface area (Å²) in [5.74, 6) is 0.807. The third-order valence-electron chi connectivity index (χ3n) is 6.80. The summed E-state index contributed by atoms with van der Waals surface area (Å²) in [4.78, 5) is 9.98. The van der Waals surface area contributed by atoms with Gasteiger partial charge in [0.2, 0.25) is 0 Å². The van der Waals surface area contributed by atoms with Crippen LogP contribution in [0.1, 0.15) is 97.3 Å². The minimum Gasteiger partial charge on any atom is -0.481 e. The Labute approximate surface area is 165 Å². The predicted octanol–water partition coefficient (Wildman–Crippen LogP) is 4.13. The first kappa shape index (κ1) is 24.4. The number of carboxylic acid groups (broad SMARTS) is 1. The van der Waals surface area contributed by atoms with Gasteiger partial charge in [-0.3, -0.25) is 4.79 Å². The number of unbranched alkanes of at least 4 members (excludes halogenated alkanes) is 3. The van der Waals surface area contributed by atoms with Crippen LogP contribution in [-0.4, -0.2) is 45.2 Å². The summed E-state index contributed by atoms with van der Waals surface area (Å²) < 4.78 is 0. The van der Waals surface area contributed by atoms with Gasteiger partial charge in [0.25, 0.3) is 0 Å². The highest BCUT2D eigenvalue weighted by Crippen LogP contribution is 2.48. The molecule has 0 aromatic rings. The summed E-state index contributed by atoms with van der Waals surface area (Å²) in [5, 5.41) is 35.8. The van der Waals surface area contributed by atoms with Crippen LogP contribution in [0, 0.1) is 17.3 Å². The fraction of sp³-hybridized carbons (Fsp3) is 0.955. The summed E-state index contributed by atoms with van der Waals surface area (Å²) in [7, 11) is 0. The molecule has 0 saturated heterocycles. The molecule has 2 saturated carbocycles. The fourth-order valence-electron chi connectivity index (χ4n) is 4.71. The lowest BCUT2D eigenvalue weighted by molar-refractivity contribution is -0.137. The van der Waals surface area contributed by atoms with Crippen molar-refractivity contribution < 1.29 is 25.2 Å². The number of aliphatic hydroxyl groups excluding tert-OH is 3. The van der Waals surface area contributed by atoms with Crippen molar-refractivity contribution in [1.29, 1.82) is 0 Å². The molecule has 4 N–H and O–H groups in total. The van der Waals surface area contributed by atoms with Gasteiger partial charge in [0, 0.05) is 13.0 Å². The average molecular weight is 387 g/mol. The van der Waals surface area contributed by atoms with Crippen molar-refractivity contribution in [3.05, 3.63) is 0 Å². The number of rotatable bonds is 8. The molecule has 0 amide bonds. The second-order valence-corrected chi connectivity index (χ2v) is 9.11. The Morgan fingerprint density at radius 2 is 1.19 bits per heavy atom. The van der Waals surface area contributed by atoms with Crippen LogP contribution in [0.4, 0.5) is 0 Å². The summed E-state index contributed by atoms with van der Waals surface area (Å²) in [6, 6.07) is 0. The molecule has 2 aliphatic carbocycles. The minimum absolute atomic E-state index is 0.0461. The van der Waals surface area contributed by atoms with Gasteiger partial charge in [-0.25, -0.2) is 0 Å². The maximum absolute atomic E-state index is 9.98. The highest BCUT2D eigenvalue weighted by atomic mass is 16.4. The van der Waals surface area contributed by atoms with E-state index in [1.165, 1.54) is 25.7 Å². The molecule has 0 spiro atoms. The molecule has 160 valence electrons. The Morgan fingerprint density at radius 3 is 1.56 bits per heavy atom. The van der Waals surface area contributed by atoms with Crippen molar-refractivity contribution in [2.24, 2.45) is 17.3 Å². The predicted molar refractivity (Wildman–Crippen MR) is 108 cm³/mol. The topological polar surface area (TPSA) is 98.0 Å². The van der Waals surface area contributed by atoms with E-state index in [1.807, 2.05) is 0 Å². The highest BCUT2D eigenvalue weighted by molar-refractivity contribution is 5.66. The van der Waals surface area contributed by atoms with E-state index < -0.39 is 5.97 Å². The zero-order valence-electron chi connectivity index (χ0n) is 17.4. The quantitative estimate of drug-likeness (QED) is 0.470. The molecule has 0 aromatic carbocycles. The SMILES string of the molecule is CC(C)(C1CCC(O)CC1)C1CCC(O)CC1.O=C(O)CCCCCCO. The largest absolute Gasteiger partial charge is 0.481 e. The third kappa shape index (κ3) is 9.40. The second-order valence-electron chi connectivity index (χ2n) is 9.11. The molecule has 5 heteroatoms. The summed E-state index contributed by atoms with van der Waals surface area (Å²) in [6.45, 7) is 5.04. The van der Waals surface area contributed by atoms with E-state index in [-0.39, 0.29) is 25.2 Å². The van der Waals surface area contributed by atoms with E-state index in [4.69, 9.17) is 10.2 Å². The lowest BCUT2D eigenvalue weighted by Gasteiger charge is -2.46. The van der Waals surface area contributed by atoms with Crippen molar-refractivity contribution in [2.75, 3.05) is 6.61 Å². The van der Waals surface area contributed by atoms with Crippen molar-refractivity contribution in [2.45, 2.75) is 110 Å². The Morgan fingerprint density at radius 1 is 0.778 bits per heavy atom. The summed E-state index contributed by atoms with van der Waals surface area (Å²) in [5.41, 5.74) is 0.389. The van der Waals surface area contributed by atoms with Crippen molar-refractivity contribution in [3.63, 3.8) is 0 Å². The standard InChI is InChI=1S/C15H28O2.C7H14O3/c1-15(2,11-3-7-13(16)8-4-11)12-5-9-14(17)10-6-12;8-6-4-2-1-3-5-7(9)10/h11-14,16-17H,3-10H2,1-2H3;8H,1-6H2,(H,9,10). The molecule has 2 fully saturated rings. The lowest BCUT2D eigenvalue weighted by atomic mass is 9.60. The van der Waals surface area contributed by atoms with Crippen LogP contribution in [0.5, 0.6) is 0 Å². The van der Waals surface area contributed by atoms with Crippen molar-refractivity contribution >= 4 is 5.97 Å². The van der Waals surface area contributed by atoms with Gasteiger partial charge in [0.1, 0.15) is 0 Å². The zero-order valence-corrected chi connectivity index (χ0v) is 17.4. The number of hydrogen-bond acceptors (Lipinski definition) is 4. The highest BCUT2D eigenvalue weighted by Gasteiger charge is 2.39. The van der Waals surface area contributed by atoms with Gasteiger partial charge < -0.3 is 20.4 Å². The number of carboxylic acids is 1. The number of hydrogen-bond donors (Lipinski definition) is 4. The smallest absolute Gasteiger partial charge is 0.303 e. The Bertz CT molecular complexity index is 370. The van der Waals surface area contributed by atoms with Crippen LogP contribution in [0.3, 0.4) is 0 Å². The molecule has 0 aliphatic heterocycles. The lowest BCUT2D eigenvalue weighted by Crippen LogP contribution is -2.38. The van der Waals surface area contributed by atoms with Gasteiger partial charge in [-0.2, -0.15) is 0 Å². The first-order chi connectivity index (χ1) is 12.8. The van der Waals surface area contributed by atoms with E-state index in [2.05, 4.69) is 13.8 Å². The molecule has 2 aliphatic rings. The normalized spacial score (nSPS) is 28.9. The van der Waals surface area contributed by atoms with Crippen LogP contribution in [0.2, 0.25) is 0 Å². The Balaban J connectivity index is 0.000000314. The van der Waals surface area contributed by atoms with E-state index in [0.29, 0.717) is 5.41 Å². The summed E-state index contributed by atoms with van der Waals surface area (Å²) >= 11 is 0. The first-order valence-corrected chi connectivity index (χ1v) is 11.0. The third-order valence-corrected chi connectivity index (χ3v) is 6.80. The van der Waals surface area contributed by atoms with Gasteiger partial charge in [-0.15, -0.1) is 0 Å². The average Bonchev–Trinajstić information content (AvgIpc) is 2.62. The molecular formula is C22H42O5. The minimum atomic E-state index is -0.732. The van der Waals surface area contributed by atoms with Crippen LogP contribution >= 0.6 is 0 Å². The van der Waals surface area contributed by atoms with E-state index in [9.17, 15) is 15.0 Å². The number of carbonyl (C=O) groups is 1. The van der Waals surface area contributed by atoms with Gasteiger partial charge in [-0.1, -0.05) is 26.7 Å². The van der Waals surface area contributed by atoms with E-state index in [1.54, 1.807) is 0 Å².